The Morgan fingerprint density at radius 2 is 0.719 bits per heavy atom. The Kier molecular flexibility index (Phi) is 6.64. The van der Waals surface area contributed by atoms with Crippen LogP contribution < -0.4 is 16.1 Å². The monoisotopic (exact) mass is 725 g/mol. The van der Waals surface area contributed by atoms with Crippen molar-refractivity contribution in [3.05, 3.63) is 212 Å². The molecule has 12 rings (SSSR count). The van der Waals surface area contributed by atoms with E-state index in [0.717, 1.165) is 54.5 Å². The second-order valence-corrected chi connectivity index (χ2v) is 15.2. The van der Waals surface area contributed by atoms with Crippen molar-refractivity contribution in [2.75, 3.05) is 0 Å². The lowest BCUT2D eigenvalue weighted by molar-refractivity contribution is 1.31. The van der Waals surface area contributed by atoms with Crippen LogP contribution in [-0.2, 0) is 0 Å². The van der Waals surface area contributed by atoms with E-state index in [1.54, 1.807) is 0 Å². The largest absolute Gasteiger partial charge is 0.306 e. The quantitative estimate of drug-likeness (QED) is 0.103. The van der Waals surface area contributed by atoms with Crippen molar-refractivity contribution < 1.29 is 0 Å². The van der Waals surface area contributed by atoms with E-state index in [2.05, 4.69) is 150 Å². The molecular weight excluding hydrogens is 695 g/mol. The van der Waals surface area contributed by atoms with Gasteiger partial charge in [-0.05, 0) is 126 Å². The van der Waals surface area contributed by atoms with Crippen LogP contribution >= 0.6 is 0 Å². The summed E-state index contributed by atoms with van der Waals surface area (Å²) in [6, 6.07) is 59.1. The second kappa shape index (κ2) is 11.9. The van der Waals surface area contributed by atoms with Crippen molar-refractivity contribution in [2.45, 2.75) is 0 Å². The molecule has 0 saturated heterocycles. The summed E-state index contributed by atoms with van der Waals surface area (Å²) < 4.78 is 2.16. The molecular formula is C54H31NO2. The molecule has 12 aromatic rings. The first-order chi connectivity index (χ1) is 28.1. The third kappa shape index (κ3) is 4.79. The smallest absolute Gasteiger partial charge is 0.197 e. The molecule has 0 aliphatic rings. The normalized spacial score (nSPS) is 12.3. The Bertz CT molecular complexity index is 3740. The zero-order valence-electron chi connectivity index (χ0n) is 30.7. The molecule has 264 valence electrons. The number of pyridine rings is 3. The van der Waals surface area contributed by atoms with Crippen LogP contribution in [0.1, 0.15) is 16.7 Å². The van der Waals surface area contributed by atoms with E-state index in [-0.39, 0.29) is 10.9 Å². The van der Waals surface area contributed by atoms with E-state index in [0.29, 0.717) is 27.1 Å². The van der Waals surface area contributed by atoms with Crippen LogP contribution in [0, 0.1) is 0 Å². The molecule has 3 heteroatoms. The molecule has 3 nitrogen and oxygen atoms in total. The first-order valence-electron chi connectivity index (χ1n) is 19.3. The topological polar surface area (TPSA) is 38.5 Å². The van der Waals surface area contributed by atoms with Crippen molar-refractivity contribution >= 4 is 99.4 Å². The predicted molar refractivity (Wildman–Crippen MR) is 241 cm³/mol. The maximum Gasteiger partial charge on any atom is 0.197 e. The van der Waals surface area contributed by atoms with Gasteiger partial charge in [-0.1, -0.05) is 127 Å². The van der Waals surface area contributed by atoms with Gasteiger partial charge in [-0.3, -0.25) is 9.59 Å². The summed E-state index contributed by atoms with van der Waals surface area (Å²) >= 11 is 0. The van der Waals surface area contributed by atoms with Gasteiger partial charge in [0.05, 0.1) is 16.6 Å². The molecule has 0 fully saturated rings. The molecule has 57 heavy (non-hydrogen) atoms. The van der Waals surface area contributed by atoms with E-state index in [1.165, 1.54) is 32.7 Å². The van der Waals surface area contributed by atoms with Gasteiger partial charge in [0, 0.05) is 32.3 Å². The number of benzene rings is 9. The lowest BCUT2D eigenvalue weighted by Crippen LogP contribution is -2.19. The molecule has 0 atom stereocenters. The van der Waals surface area contributed by atoms with Crippen LogP contribution in [0.4, 0.5) is 0 Å². The second-order valence-electron chi connectivity index (χ2n) is 15.2. The van der Waals surface area contributed by atoms with Crippen LogP contribution in [-0.4, -0.2) is 4.40 Å². The first kappa shape index (κ1) is 31.7. The Hall–Kier alpha value is -7.62. The van der Waals surface area contributed by atoms with Crippen LogP contribution in [0.5, 0.6) is 0 Å². The minimum atomic E-state index is -0.0440. The molecule has 3 heterocycles. The average Bonchev–Trinajstić information content (AvgIpc) is 3.26. The van der Waals surface area contributed by atoms with Gasteiger partial charge < -0.3 is 4.40 Å². The molecule has 3 aromatic heterocycles. The molecule has 0 radical (unpaired) electrons. The van der Waals surface area contributed by atoms with Gasteiger partial charge in [0.2, 0.25) is 0 Å². The Morgan fingerprint density at radius 3 is 1.26 bits per heavy atom. The highest BCUT2D eigenvalue weighted by atomic mass is 16.1. The van der Waals surface area contributed by atoms with Crippen LogP contribution in [0.3, 0.4) is 0 Å². The van der Waals surface area contributed by atoms with Crippen molar-refractivity contribution in [3.8, 4) is 11.1 Å². The lowest BCUT2D eigenvalue weighted by Gasteiger charge is -2.19. The summed E-state index contributed by atoms with van der Waals surface area (Å²) in [5, 5.41) is 12.7. The highest BCUT2D eigenvalue weighted by Gasteiger charge is 2.21. The Balaban J connectivity index is 0.907. The summed E-state index contributed by atoms with van der Waals surface area (Å²) in [6.45, 7) is 0. The minimum Gasteiger partial charge on any atom is -0.306 e. The minimum absolute atomic E-state index is 0.0440. The lowest BCUT2D eigenvalue weighted by atomic mass is 9.95. The van der Waals surface area contributed by atoms with Gasteiger partial charge in [-0.2, -0.15) is 0 Å². The van der Waals surface area contributed by atoms with Crippen LogP contribution in [0.25, 0.3) is 111 Å². The summed E-state index contributed by atoms with van der Waals surface area (Å²) in [7, 11) is 0. The van der Waals surface area contributed by atoms with Crippen molar-refractivity contribution in [1.29, 1.82) is 0 Å². The standard InChI is InChI=1S/C54H31NO2/c56-53-45-10-3-8-43-49(44-9-4-11-46-51(44)55(50(43)45)52-47(53)12-5-13-48(52)54(46)57)29-34-18-21-37-26-32(16-19-38(37)28-34)14-15-33-17-20-40-31-42(25-24-39(40)27-33)41-23-22-35-6-1-2-7-36(35)30-41/h1-31H/b15-14+. The molecule has 0 unspecified atom stereocenters. The number of rotatable bonds is 4. The van der Waals surface area contributed by atoms with Crippen molar-refractivity contribution in [1.82, 2.24) is 4.40 Å². The van der Waals surface area contributed by atoms with Gasteiger partial charge in [0.1, 0.15) is 0 Å². The zero-order chi connectivity index (χ0) is 37.8. The molecule has 0 amide bonds. The Labute approximate surface area is 325 Å². The number of nitrogens with zero attached hydrogens (tertiary/aromatic N) is 1. The zero-order valence-corrected chi connectivity index (χ0v) is 30.7. The molecule has 0 N–H and O–H groups in total. The summed E-state index contributed by atoms with van der Waals surface area (Å²) in [5.74, 6) is 0. The van der Waals surface area contributed by atoms with Crippen molar-refractivity contribution in [2.24, 2.45) is 0 Å². The van der Waals surface area contributed by atoms with Gasteiger partial charge >= 0.3 is 0 Å². The number of fused-ring (bicyclic) bond motifs is 3. The first-order valence-corrected chi connectivity index (χ1v) is 19.3. The van der Waals surface area contributed by atoms with Crippen LogP contribution in [0.15, 0.2) is 179 Å². The third-order valence-corrected chi connectivity index (χ3v) is 12.0. The average molecular weight is 726 g/mol. The van der Waals surface area contributed by atoms with Crippen LogP contribution in [0.2, 0.25) is 0 Å². The van der Waals surface area contributed by atoms with E-state index >= 15 is 0 Å². The fourth-order valence-electron chi connectivity index (χ4n) is 9.20. The molecule has 0 spiro atoms. The maximum atomic E-state index is 13.9. The third-order valence-electron chi connectivity index (χ3n) is 12.0. The SMILES string of the molecule is O=c1c2cccc3c(=O)c4cccc5c(=Cc6ccc7cc(/C=C/c8ccc9cc(-c%10ccc%11ccccc%11c%10)ccc9c8)ccc7c6)c6cccc1c6n(c23)c45. The van der Waals surface area contributed by atoms with Crippen molar-refractivity contribution in [3.63, 3.8) is 0 Å². The molecule has 0 bridgehead atoms. The fraction of sp³-hybridized carbons (Fsp3) is 0. The van der Waals surface area contributed by atoms with Gasteiger partial charge in [0.15, 0.2) is 10.9 Å². The molecule has 0 saturated carbocycles. The number of aromatic nitrogens is 1. The highest BCUT2D eigenvalue weighted by molar-refractivity contribution is 6.16. The predicted octanol–water partition coefficient (Wildman–Crippen LogP) is 12.0. The summed E-state index contributed by atoms with van der Waals surface area (Å²) in [4.78, 5) is 27.8. The van der Waals surface area contributed by atoms with Gasteiger partial charge in [0.25, 0.3) is 0 Å². The van der Waals surface area contributed by atoms with E-state index in [9.17, 15) is 9.59 Å². The van der Waals surface area contributed by atoms with E-state index in [1.807, 2.05) is 42.5 Å². The molecule has 0 aliphatic heterocycles. The maximum absolute atomic E-state index is 13.9. The number of hydrogen-bond acceptors (Lipinski definition) is 2. The molecule has 0 aliphatic carbocycles. The number of para-hydroxylation sites is 3. The molecule has 9 aromatic carbocycles. The summed E-state index contributed by atoms with van der Waals surface area (Å²) in [6.07, 6.45) is 6.56. The van der Waals surface area contributed by atoms with Gasteiger partial charge in [-0.15, -0.1) is 0 Å². The summed E-state index contributed by atoms with van der Waals surface area (Å²) in [5.41, 5.74) is 8.11. The highest BCUT2D eigenvalue weighted by Crippen LogP contribution is 2.33. The van der Waals surface area contributed by atoms with E-state index < -0.39 is 0 Å². The van der Waals surface area contributed by atoms with Gasteiger partial charge in [-0.25, -0.2) is 0 Å². The fourth-order valence-corrected chi connectivity index (χ4v) is 9.20. The van der Waals surface area contributed by atoms with E-state index in [4.69, 9.17) is 0 Å². The Morgan fingerprint density at radius 1 is 0.333 bits per heavy atom. The number of hydrogen-bond donors (Lipinski definition) is 0.